The Morgan fingerprint density at radius 1 is 1.24 bits per heavy atom. The lowest BCUT2D eigenvalue weighted by Crippen LogP contribution is -2.40. The van der Waals surface area contributed by atoms with E-state index in [1.54, 1.807) is 0 Å². The quantitative estimate of drug-likeness (QED) is 0.481. The lowest BCUT2D eigenvalue weighted by molar-refractivity contribution is 0.326. The molecule has 0 aliphatic heterocycles. The van der Waals surface area contributed by atoms with Gasteiger partial charge in [0.2, 0.25) is 0 Å². The van der Waals surface area contributed by atoms with E-state index < -0.39 is 0 Å². The summed E-state index contributed by atoms with van der Waals surface area (Å²) in [5.41, 5.74) is 9.83. The molecule has 0 aromatic heterocycles. The summed E-state index contributed by atoms with van der Waals surface area (Å²) in [6.45, 7) is 0.850. The van der Waals surface area contributed by atoms with E-state index in [9.17, 15) is 0 Å². The Bertz CT molecular complexity index is 384. The van der Waals surface area contributed by atoms with Crippen LogP contribution in [0.25, 0.3) is 10.4 Å². The van der Waals surface area contributed by atoms with E-state index >= 15 is 0 Å². The fourth-order valence-corrected chi connectivity index (χ4v) is 2.40. The van der Waals surface area contributed by atoms with Crippen LogP contribution in [0.1, 0.15) is 31.2 Å². The van der Waals surface area contributed by atoms with Gasteiger partial charge in [-0.25, -0.2) is 0 Å². The van der Waals surface area contributed by atoms with E-state index in [-0.39, 0.29) is 6.04 Å². The van der Waals surface area contributed by atoms with Crippen LogP contribution in [0.4, 0.5) is 0 Å². The van der Waals surface area contributed by atoms with Gasteiger partial charge in [-0.15, -0.1) is 0 Å². The predicted octanol–water partition coefficient (Wildman–Crippen LogP) is 3.40. The molecular weight excluding hydrogens is 212 g/mol. The van der Waals surface area contributed by atoms with Crippen LogP contribution in [0.5, 0.6) is 0 Å². The highest BCUT2D eigenvalue weighted by Gasteiger charge is 2.23. The van der Waals surface area contributed by atoms with Crippen LogP contribution in [0.2, 0.25) is 0 Å². The predicted molar refractivity (Wildman–Crippen MR) is 68.5 cm³/mol. The van der Waals surface area contributed by atoms with Crippen molar-refractivity contribution in [2.75, 3.05) is 0 Å². The van der Waals surface area contributed by atoms with Gasteiger partial charge < -0.3 is 5.32 Å². The molecule has 0 bridgehead atoms. The largest absolute Gasteiger partial charge is 0.310 e. The maximum Gasteiger partial charge on any atom is 0.0527 e. The highest BCUT2D eigenvalue weighted by Crippen LogP contribution is 2.21. The number of rotatable bonds is 4. The summed E-state index contributed by atoms with van der Waals surface area (Å²) in [7, 11) is 0. The Hall–Kier alpha value is -1.51. The van der Waals surface area contributed by atoms with Crippen LogP contribution in [-0.4, -0.2) is 12.1 Å². The Balaban J connectivity index is 1.90. The van der Waals surface area contributed by atoms with Gasteiger partial charge in [0.15, 0.2) is 0 Å². The Morgan fingerprint density at radius 2 is 2.00 bits per heavy atom. The average molecular weight is 230 g/mol. The molecule has 0 spiro atoms. The van der Waals surface area contributed by atoms with E-state index in [0.29, 0.717) is 6.04 Å². The fraction of sp³-hybridized carbons (Fsp3) is 0.538. The van der Waals surface area contributed by atoms with Crippen LogP contribution < -0.4 is 5.32 Å². The van der Waals surface area contributed by atoms with Crippen LogP contribution in [0.3, 0.4) is 0 Å². The normalized spacial score (nSPS) is 24.0. The van der Waals surface area contributed by atoms with Crippen molar-refractivity contribution in [3.63, 3.8) is 0 Å². The minimum Gasteiger partial charge on any atom is -0.310 e. The maximum absolute atomic E-state index is 8.55. The minimum absolute atomic E-state index is 0.123. The number of nitrogens with zero attached hydrogens (tertiary/aromatic N) is 3. The number of nitrogens with one attached hydrogen (secondary N) is 1. The van der Waals surface area contributed by atoms with Crippen molar-refractivity contribution >= 4 is 0 Å². The molecular formula is C13H18N4. The standard InChI is InChI=1S/C13H18N4/c14-17-16-13-9-5-4-8-12(13)15-10-11-6-2-1-3-7-11/h1-3,6-7,12-13,15H,4-5,8-10H2/t12-,13-/m1/s1. The monoisotopic (exact) mass is 230 g/mol. The van der Waals surface area contributed by atoms with E-state index in [1.807, 2.05) is 18.2 Å². The Morgan fingerprint density at radius 3 is 2.76 bits per heavy atom. The summed E-state index contributed by atoms with van der Waals surface area (Å²) in [6.07, 6.45) is 4.52. The van der Waals surface area contributed by atoms with Crippen LogP contribution in [0.15, 0.2) is 35.4 Å². The third-order valence-corrected chi connectivity index (χ3v) is 3.34. The number of hydrogen-bond acceptors (Lipinski definition) is 2. The van der Waals surface area contributed by atoms with Gasteiger partial charge in [0.1, 0.15) is 0 Å². The first-order valence-corrected chi connectivity index (χ1v) is 6.21. The van der Waals surface area contributed by atoms with Crippen molar-refractivity contribution in [1.29, 1.82) is 0 Å². The summed E-state index contributed by atoms with van der Waals surface area (Å²) < 4.78 is 0. The summed E-state index contributed by atoms with van der Waals surface area (Å²) in [6, 6.07) is 10.8. The molecule has 0 saturated heterocycles. The SMILES string of the molecule is [N-]=[N+]=N[C@@H]1CCCC[C@H]1NCc1ccccc1. The fourth-order valence-electron chi connectivity index (χ4n) is 2.40. The molecule has 90 valence electrons. The zero-order valence-corrected chi connectivity index (χ0v) is 9.92. The first-order chi connectivity index (χ1) is 8.40. The molecule has 17 heavy (non-hydrogen) atoms. The van der Waals surface area contributed by atoms with Crippen LogP contribution in [0, 0.1) is 0 Å². The van der Waals surface area contributed by atoms with E-state index in [1.165, 1.54) is 18.4 Å². The molecule has 0 unspecified atom stereocenters. The Labute approximate surface area is 102 Å². The zero-order chi connectivity index (χ0) is 11.9. The van der Waals surface area contributed by atoms with Crippen molar-refractivity contribution in [2.45, 2.75) is 44.3 Å². The molecule has 4 heteroatoms. The molecule has 1 N–H and O–H groups in total. The third kappa shape index (κ3) is 3.48. The molecule has 1 aliphatic rings. The van der Waals surface area contributed by atoms with E-state index in [0.717, 1.165) is 19.4 Å². The summed E-state index contributed by atoms with van der Waals surface area (Å²) in [4.78, 5) is 2.95. The molecule has 1 aromatic rings. The zero-order valence-electron chi connectivity index (χ0n) is 9.92. The molecule has 1 aromatic carbocycles. The van der Waals surface area contributed by atoms with Crippen molar-refractivity contribution in [3.05, 3.63) is 46.3 Å². The molecule has 2 rings (SSSR count). The molecule has 4 nitrogen and oxygen atoms in total. The maximum atomic E-state index is 8.55. The van der Waals surface area contributed by atoms with Crippen molar-refractivity contribution in [2.24, 2.45) is 5.11 Å². The molecule has 1 aliphatic carbocycles. The van der Waals surface area contributed by atoms with Crippen molar-refractivity contribution < 1.29 is 0 Å². The average Bonchev–Trinajstić information content (AvgIpc) is 2.39. The third-order valence-electron chi connectivity index (χ3n) is 3.34. The number of azide groups is 1. The highest BCUT2D eigenvalue weighted by atomic mass is 15.2. The first kappa shape index (κ1) is 12.0. The van der Waals surface area contributed by atoms with Gasteiger partial charge in [-0.3, -0.25) is 0 Å². The van der Waals surface area contributed by atoms with Gasteiger partial charge in [0.05, 0.1) is 6.04 Å². The molecule has 0 heterocycles. The second-order valence-corrected chi connectivity index (χ2v) is 4.53. The van der Waals surface area contributed by atoms with Crippen molar-refractivity contribution in [3.8, 4) is 0 Å². The van der Waals surface area contributed by atoms with Crippen LogP contribution in [-0.2, 0) is 6.54 Å². The number of hydrogen-bond donors (Lipinski definition) is 1. The van der Waals surface area contributed by atoms with E-state index in [4.69, 9.17) is 5.53 Å². The lowest BCUT2D eigenvalue weighted by Gasteiger charge is -2.29. The lowest BCUT2D eigenvalue weighted by atomic mass is 9.91. The molecule has 0 amide bonds. The molecule has 2 atom stereocenters. The minimum atomic E-state index is 0.123. The number of benzene rings is 1. The first-order valence-electron chi connectivity index (χ1n) is 6.21. The second kappa shape index (κ2) is 6.28. The van der Waals surface area contributed by atoms with Gasteiger partial charge in [-0.1, -0.05) is 48.3 Å². The summed E-state index contributed by atoms with van der Waals surface area (Å²) in [5.74, 6) is 0. The van der Waals surface area contributed by atoms with Gasteiger partial charge in [-0.05, 0) is 23.9 Å². The van der Waals surface area contributed by atoms with Gasteiger partial charge in [-0.2, -0.15) is 0 Å². The molecule has 1 saturated carbocycles. The van der Waals surface area contributed by atoms with Crippen LogP contribution >= 0.6 is 0 Å². The van der Waals surface area contributed by atoms with Gasteiger partial charge >= 0.3 is 0 Å². The van der Waals surface area contributed by atoms with Gasteiger partial charge in [0.25, 0.3) is 0 Å². The Kier molecular flexibility index (Phi) is 4.42. The summed E-state index contributed by atoms with van der Waals surface area (Å²) in [5, 5.41) is 7.40. The van der Waals surface area contributed by atoms with E-state index in [2.05, 4.69) is 27.5 Å². The smallest absolute Gasteiger partial charge is 0.0527 e. The van der Waals surface area contributed by atoms with Gasteiger partial charge in [0, 0.05) is 17.5 Å². The molecule has 1 fully saturated rings. The topological polar surface area (TPSA) is 60.8 Å². The van der Waals surface area contributed by atoms with Crippen molar-refractivity contribution in [1.82, 2.24) is 5.32 Å². The molecule has 0 radical (unpaired) electrons. The second-order valence-electron chi connectivity index (χ2n) is 4.53. The summed E-state index contributed by atoms with van der Waals surface area (Å²) >= 11 is 0. The highest BCUT2D eigenvalue weighted by molar-refractivity contribution is 5.14.